The van der Waals surface area contributed by atoms with E-state index >= 15 is 0 Å². The van der Waals surface area contributed by atoms with Gasteiger partial charge in [0, 0.05) is 25.6 Å². The normalized spacial score (nSPS) is 25.8. The van der Waals surface area contributed by atoms with E-state index in [1.165, 1.54) is 0 Å². The van der Waals surface area contributed by atoms with Crippen LogP contribution in [0.4, 0.5) is 5.69 Å². The Kier molecular flexibility index (Phi) is 4.58. The molecule has 8 heteroatoms. The first kappa shape index (κ1) is 17.9. The van der Waals surface area contributed by atoms with Crippen molar-refractivity contribution < 1.29 is 14.6 Å². The summed E-state index contributed by atoms with van der Waals surface area (Å²) in [6, 6.07) is 2.21. The van der Waals surface area contributed by atoms with Crippen molar-refractivity contribution in [3.63, 3.8) is 0 Å². The molecule has 8 nitrogen and oxygen atoms in total. The maximum Gasteiger partial charge on any atom is 0.228 e. The maximum absolute atomic E-state index is 12.2. The van der Waals surface area contributed by atoms with E-state index in [2.05, 4.69) is 11.2 Å². The Hall–Kier alpha value is -1.95. The van der Waals surface area contributed by atoms with Gasteiger partial charge in [0.15, 0.2) is 0 Å². The molecule has 3 rings (SSSR count). The fraction of sp³-hybridized carbons (Fsp3) is 0.706. The standard InChI is InChI=1S/C17H25N5O3/c1-11-8-22-14(10-20(11)16(24)25-17(2,3)4)13(7-19-22)21-9-12(6-18)5-15(21)23/h7,11-12,16,24H,5,8-10H2,1-4H3/t11-,12+,16?/m0/s1. The average molecular weight is 347 g/mol. The number of carbonyl (C=O) groups is 1. The van der Waals surface area contributed by atoms with E-state index in [9.17, 15) is 9.90 Å². The zero-order chi connectivity index (χ0) is 18.4. The second kappa shape index (κ2) is 6.41. The highest BCUT2D eigenvalue weighted by Crippen LogP contribution is 2.32. The van der Waals surface area contributed by atoms with Crippen LogP contribution in [0, 0.1) is 17.2 Å². The van der Waals surface area contributed by atoms with Gasteiger partial charge in [-0.2, -0.15) is 10.4 Å². The first-order chi connectivity index (χ1) is 11.7. The number of aromatic nitrogens is 2. The molecule has 1 saturated heterocycles. The third kappa shape index (κ3) is 3.54. The molecule has 0 spiro atoms. The highest BCUT2D eigenvalue weighted by Gasteiger charge is 2.37. The van der Waals surface area contributed by atoms with E-state index in [0.717, 1.165) is 11.4 Å². The average Bonchev–Trinajstić information content (AvgIpc) is 3.07. The minimum Gasteiger partial charge on any atom is -0.356 e. The molecule has 3 heterocycles. The van der Waals surface area contributed by atoms with E-state index in [0.29, 0.717) is 19.6 Å². The lowest BCUT2D eigenvalue weighted by atomic mass is 10.1. The van der Waals surface area contributed by atoms with Gasteiger partial charge in [0.05, 0.1) is 41.7 Å². The lowest BCUT2D eigenvalue weighted by molar-refractivity contribution is -0.254. The van der Waals surface area contributed by atoms with E-state index < -0.39 is 12.0 Å². The summed E-state index contributed by atoms with van der Waals surface area (Å²) in [5.74, 6) is -0.338. The van der Waals surface area contributed by atoms with Crippen molar-refractivity contribution in [2.45, 2.75) is 65.3 Å². The number of rotatable bonds is 3. The molecule has 1 fully saturated rings. The minimum atomic E-state index is -1.03. The largest absolute Gasteiger partial charge is 0.356 e. The van der Waals surface area contributed by atoms with Gasteiger partial charge in [-0.1, -0.05) is 0 Å². The summed E-state index contributed by atoms with van der Waals surface area (Å²) in [5.41, 5.74) is 1.12. The topological polar surface area (TPSA) is 94.6 Å². The summed E-state index contributed by atoms with van der Waals surface area (Å²) in [7, 11) is 0. The third-order valence-electron chi connectivity index (χ3n) is 4.60. The lowest BCUT2D eigenvalue weighted by Crippen LogP contribution is -2.50. The maximum atomic E-state index is 12.2. The minimum absolute atomic E-state index is 0.0405. The number of fused-ring (bicyclic) bond motifs is 1. The molecule has 3 atom stereocenters. The van der Waals surface area contributed by atoms with Gasteiger partial charge in [-0.15, -0.1) is 0 Å². The molecule has 0 bridgehead atoms. The summed E-state index contributed by atoms with van der Waals surface area (Å²) in [6.07, 6.45) is 0.893. The van der Waals surface area contributed by atoms with E-state index in [-0.39, 0.29) is 24.3 Å². The molecule has 0 saturated carbocycles. The Balaban J connectivity index is 1.83. The van der Waals surface area contributed by atoms with Crippen molar-refractivity contribution in [3.8, 4) is 6.07 Å². The smallest absolute Gasteiger partial charge is 0.228 e. The Morgan fingerprint density at radius 1 is 1.44 bits per heavy atom. The Labute approximate surface area is 147 Å². The van der Waals surface area contributed by atoms with Gasteiger partial charge >= 0.3 is 0 Å². The van der Waals surface area contributed by atoms with Crippen LogP contribution in [-0.2, 0) is 22.6 Å². The van der Waals surface area contributed by atoms with Crippen molar-refractivity contribution in [1.82, 2.24) is 14.7 Å². The molecule has 2 aliphatic heterocycles. The number of aliphatic hydroxyl groups excluding tert-OH is 1. The molecule has 0 aromatic carbocycles. The number of carbonyl (C=O) groups excluding carboxylic acids is 1. The monoisotopic (exact) mass is 347 g/mol. The van der Waals surface area contributed by atoms with Crippen LogP contribution in [0.15, 0.2) is 6.20 Å². The fourth-order valence-corrected chi connectivity index (χ4v) is 3.34. The molecule has 0 radical (unpaired) electrons. The highest BCUT2D eigenvalue weighted by molar-refractivity contribution is 5.96. The quantitative estimate of drug-likeness (QED) is 0.822. The summed E-state index contributed by atoms with van der Waals surface area (Å²) in [4.78, 5) is 15.7. The van der Waals surface area contributed by atoms with Crippen molar-refractivity contribution in [2.75, 3.05) is 11.4 Å². The van der Waals surface area contributed by atoms with Crippen molar-refractivity contribution in [3.05, 3.63) is 11.9 Å². The van der Waals surface area contributed by atoms with Gasteiger partial charge in [0.2, 0.25) is 12.3 Å². The van der Waals surface area contributed by atoms with Crippen LogP contribution < -0.4 is 4.90 Å². The van der Waals surface area contributed by atoms with Gasteiger partial charge in [-0.25, -0.2) is 4.90 Å². The van der Waals surface area contributed by atoms with E-state index in [1.54, 1.807) is 11.1 Å². The second-order valence-corrected chi connectivity index (χ2v) is 7.77. The van der Waals surface area contributed by atoms with Gasteiger partial charge < -0.3 is 14.7 Å². The second-order valence-electron chi connectivity index (χ2n) is 7.77. The number of hydrogen-bond donors (Lipinski definition) is 1. The van der Waals surface area contributed by atoms with E-state index in [4.69, 9.17) is 10.00 Å². The molecule has 1 unspecified atom stereocenters. The Bertz CT molecular complexity index is 702. The first-order valence-corrected chi connectivity index (χ1v) is 8.56. The summed E-state index contributed by atoms with van der Waals surface area (Å²) in [6.45, 7) is 9.11. The number of nitrogens with zero attached hydrogens (tertiary/aromatic N) is 5. The SMILES string of the molecule is C[C@H]1Cn2ncc(N3C[C@@H](C#N)CC3=O)c2CN1C(O)OC(C)(C)C. The highest BCUT2D eigenvalue weighted by atomic mass is 16.6. The number of hydrogen-bond acceptors (Lipinski definition) is 6. The molecule has 136 valence electrons. The van der Waals surface area contributed by atoms with Crippen LogP contribution in [0.1, 0.15) is 39.8 Å². The number of aliphatic hydroxyl groups is 1. The molecule has 1 N–H and O–H groups in total. The lowest BCUT2D eigenvalue weighted by Gasteiger charge is -2.39. The summed E-state index contributed by atoms with van der Waals surface area (Å²) in [5, 5.41) is 24.0. The molecule has 0 aliphatic carbocycles. The number of ether oxygens (including phenoxy) is 1. The van der Waals surface area contributed by atoms with Gasteiger partial charge in [-0.05, 0) is 27.7 Å². The Morgan fingerprint density at radius 2 is 2.16 bits per heavy atom. The van der Waals surface area contributed by atoms with Crippen LogP contribution in [0.25, 0.3) is 0 Å². The van der Waals surface area contributed by atoms with E-state index in [1.807, 2.05) is 37.3 Å². The predicted molar refractivity (Wildman–Crippen MR) is 90.1 cm³/mol. The van der Waals surface area contributed by atoms with Crippen LogP contribution in [-0.4, -0.2) is 50.3 Å². The van der Waals surface area contributed by atoms with Gasteiger partial charge in [0.1, 0.15) is 0 Å². The van der Waals surface area contributed by atoms with Crippen molar-refractivity contribution >= 4 is 11.6 Å². The summed E-state index contributed by atoms with van der Waals surface area (Å²) < 4.78 is 7.56. The van der Waals surface area contributed by atoms with Gasteiger partial charge in [0.25, 0.3) is 0 Å². The molecule has 1 aromatic rings. The summed E-state index contributed by atoms with van der Waals surface area (Å²) >= 11 is 0. The number of amides is 1. The fourth-order valence-electron chi connectivity index (χ4n) is 3.34. The number of nitriles is 1. The molecule has 1 aromatic heterocycles. The molecule has 2 aliphatic rings. The van der Waals surface area contributed by atoms with Crippen LogP contribution in [0.2, 0.25) is 0 Å². The molecule has 1 amide bonds. The van der Waals surface area contributed by atoms with Crippen LogP contribution in [0.3, 0.4) is 0 Å². The van der Waals surface area contributed by atoms with Crippen LogP contribution >= 0.6 is 0 Å². The number of anilines is 1. The molecular weight excluding hydrogens is 322 g/mol. The predicted octanol–water partition coefficient (Wildman–Crippen LogP) is 1.05. The Morgan fingerprint density at radius 3 is 2.76 bits per heavy atom. The zero-order valence-corrected chi connectivity index (χ0v) is 15.1. The van der Waals surface area contributed by atoms with Crippen molar-refractivity contribution in [2.24, 2.45) is 5.92 Å². The van der Waals surface area contributed by atoms with Crippen molar-refractivity contribution in [1.29, 1.82) is 5.26 Å². The zero-order valence-electron chi connectivity index (χ0n) is 15.1. The van der Waals surface area contributed by atoms with Gasteiger partial charge in [-0.3, -0.25) is 9.48 Å². The molecule has 25 heavy (non-hydrogen) atoms. The molecular formula is C17H25N5O3. The third-order valence-corrected chi connectivity index (χ3v) is 4.60. The van der Waals surface area contributed by atoms with Crippen LogP contribution in [0.5, 0.6) is 0 Å². The first-order valence-electron chi connectivity index (χ1n) is 8.56.